The number of halogens is 1. The van der Waals surface area contributed by atoms with Crippen LogP contribution in [0.5, 0.6) is 0 Å². The molecule has 0 saturated carbocycles. The van der Waals surface area contributed by atoms with Crippen LogP contribution in [0.15, 0.2) is 30.3 Å². The Balaban J connectivity index is 2.23. The summed E-state index contributed by atoms with van der Waals surface area (Å²) in [6.07, 6.45) is 3.50. The summed E-state index contributed by atoms with van der Waals surface area (Å²) in [5, 5.41) is 8.57. The summed E-state index contributed by atoms with van der Waals surface area (Å²) in [6, 6.07) is 10.0. The van der Waals surface area contributed by atoms with Gasteiger partial charge in [0.1, 0.15) is 0 Å². The molecule has 2 rings (SSSR count). The van der Waals surface area contributed by atoms with Crippen LogP contribution in [0, 0.1) is 0 Å². The summed E-state index contributed by atoms with van der Waals surface area (Å²) in [5.41, 5.74) is 1.06. The first-order valence-electron chi connectivity index (χ1n) is 5.97. The van der Waals surface area contributed by atoms with Crippen LogP contribution in [0.25, 0.3) is 11.4 Å². The Morgan fingerprint density at radius 2 is 1.88 bits per heavy atom. The normalized spacial score (nSPS) is 10.7. The average molecular weight is 250 g/mol. The molecule has 0 atom stereocenters. The SMILES string of the molecule is CCCCCn1c(Cl)nnc1-c1ccccc1. The quantitative estimate of drug-likeness (QED) is 0.755. The van der Waals surface area contributed by atoms with Gasteiger partial charge in [0.05, 0.1) is 0 Å². The molecule has 3 nitrogen and oxygen atoms in total. The molecule has 1 heterocycles. The molecule has 0 amide bonds. The third kappa shape index (κ3) is 2.86. The molecule has 0 spiro atoms. The number of hydrogen-bond donors (Lipinski definition) is 0. The average Bonchev–Trinajstić information content (AvgIpc) is 2.73. The number of benzene rings is 1. The molecule has 2 aromatic rings. The van der Waals surface area contributed by atoms with E-state index < -0.39 is 0 Å². The van der Waals surface area contributed by atoms with E-state index in [2.05, 4.69) is 17.1 Å². The number of aromatic nitrogens is 3. The van der Waals surface area contributed by atoms with Gasteiger partial charge >= 0.3 is 0 Å². The monoisotopic (exact) mass is 249 g/mol. The molecule has 17 heavy (non-hydrogen) atoms. The van der Waals surface area contributed by atoms with Crippen molar-refractivity contribution >= 4 is 11.6 Å². The molecule has 0 bridgehead atoms. The third-order valence-corrected chi connectivity index (χ3v) is 3.00. The van der Waals surface area contributed by atoms with Crippen molar-refractivity contribution in [2.45, 2.75) is 32.7 Å². The molecule has 0 fully saturated rings. The smallest absolute Gasteiger partial charge is 0.225 e. The van der Waals surface area contributed by atoms with Crippen LogP contribution in [0.2, 0.25) is 5.28 Å². The van der Waals surface area contributed by atoms with E-state index in [9.17, 15) is 0 Å². The van der Waals surface area contributed by atoms with Gasteiger partial charge < -0.3 is 0 Å². The van der Waals surface area contributed by atoms with E-state index in [-0.39, 0.29) is 0 Å². The highest BCUT2D eigenvalue weighted by Gasteiger charge is 2.11. The number of hydrogen-bond acceptors (Lipinski definition) is 2. The molecule has 0 saturated heterocycles. The van der Waals surface area contributed by atoms with Crippen LogP contribution in [0.1, 0.15) is 26.2 Å². The van der Waals surface area contributed by atoms with Crippen LogP contribution < -0.4 is 0 Å². The van der Waals surface area contributed by atoms with Crippen molar-refractivity contribution in [3.8, 4) is 11.4 Å². The molecule has 1 aromatic carbocycles. The first-order chi connectivity index (χ1) is 8.33. The van der Waals surface area contributed by atoms with Crippen LogP contribution >= 0.6 is 11.6 Å². The van der Waals surface area contributed by atoms with Crippen molar-refractivity contribution in [3.05, 3.63) is 35.6 Å². The lowest BCUT2D eigenvalue weighted by Gasteiger charge is -2.07. The summed E-state index contributed by atoms with van der Waals surface area (Å²) >= 11 is 6.06. The highest BCUT2D eigenvalue weighted by Crippen LogP contribution is 2.20. The first-order valence-corrected chi connectivity index (χ1v) is 6.35. The Morgan fingerprint density at radius 3 is 2.59 bits per heavy atom. The van der Waals surface area contributed by atoms with Gasteiger partial charge in [-0.2, -0.15) is 0 Å². The summed E-state index contributed by atoms with van der Waals surface area (Å²) in [4.78, 5) is 0. The molecular formula is C13H16ClN3. The van der Waals surface area contributed by atoms with E-state index >= 15 is 0 Å². The maximum atomic E-state index is 6.06. The Morgan fingerprint density at radius 1 is 1.12 bits per heavy atom. The van der Waals surface area contributed by atoms with Crippen LogP contribution in [0.4, 0.5) is 0 Å². The van der Waals surface area contributed by atoms with Crippen molar-refractivity contribution in [1.82, 2.24) is 14.8 Å². The highest BCUT2D eigenvalue weighted by atomic mass is 35.5. The van der Waals surface area contributed by atoms with Gasteiger partial charge in [0.15, 0.2) is 5.82 Å². The Labute approximate surface area is 106 Å². The van der Waals surface area contributed by atoms with Gasteiger partial charge in [-0.15, -0.1) is 10.2 Å². The van der Waals surface area contributed by atoms with Crippen LogP contribution in [0.3, 0.4) is 0 Å². The minimum atomic E-state index is 0.472. The van der Waals surface area contributed by atoms with Crippen molar-refractivity contribution in [2.75, 3.05) is 0 Å². The molecule has 90 valence electrons. The maximum absolute atomic E-state index is 6.06. The second-order valence-corrected chi connectivity index (χ2v) is 4.36. The standard InChI is InChI=1S/C13H16ClN3/c1-2-3-7-10-17-12(15-16-13(17)14)11-8-5-4-6-9-11/h4-6,8-9H,2-3,7,10H2,1H3. The Hall–Kier alpha value is -1.35. The van der Waals surface area contributed by atoms with E-state index in [0.29, 0.717) is 5.28 Å². The lowest BCUT2D eigenvalue weighted by atomic mass is 10.2. The molecule has 0 aliphatic heterocycles. The fourth-order valence-corrected chi connectivity index (χ4v) is 2.01. The molecule has 1 aromatic heterocycles. The van der Waals surface area contributed by atoms with Crippen LogP contribution in [-0.2, 0) is 6.54 Å². The third-order valence-electron chi connectivity index (χ3n) is 2.72. The fourth-order valence-electron chi connectivity index (χ4n) is 1.80. The summed E-state index contributed by atoms with van der Waals surface area (Å²) in [5.74, 6) is 0.853. The second-order valence-electron chi connectivity index (χ2n) is 4.02. The lowest BCUT2D eigenvalue weighted by molar-refractivity contribution is 0.605. The predicted octanol–water partition coefficient (Wildman–Crippen LogP) is 3.79. The lowest BCUT2D eigenvalue weighted by Crippen LogP contribution is -2.01. The van der Waals surface area contributed by atoms with E-state index in [4.69, 9.17) is 11.6 Å². The second kappa shape index (κ2) is 5.82. The van der Waals surface area contributed by atoms with E-state index in [1.165, 1.54) is 12.8 Å². The molecule has 4 heteroatoms. The molecule has 0 unspecified atom stereocenters. The van der Waals surface area contributed by atoms with Gasteiger partial charge in [-0.25, -0.2) is 0 Å². The number of nitrogens with zero attached hydrogens (tertiary/aromatic N) is 3. The van der Waals surface area contributed by atoms with Gasteiger partial charge in [-0.1, -0.05) is 50.1 Å². The molecule has 0 radical (unpaired) electrons. The number of unbranched alkanes of at least 4 members (excludes halogenated alkanes) is 2. The van der Waals surface area contributed by atoms with Crippen molar-refractivity contribution < 1.29 is 0 Å². The molecule has 0 aliphatic carbocycles. The minimum Gasteiger partial charge on any atom is -0.298 e. The zero-order valence-electron chi connectivity index (χ0n) is 9.93. The maximum Gasteiger partial charge on any atom is 0.225 e. The Bertz CT molecular complexity index is 465. The van der Waals surface area contributed by atoms with E-state index in [0.717, 1.165) is 24.4 Å². The molecule has 0 aliphatic rings. The minimum absolute atomic E-state index is 0.472. The van der Waals surface area contributed by atoms with E-state index in [1.807, 2.05) is 34.9 Å². The summed E-state index contributed by atoms with van der Waals surface area (Å²) in [6.45, 7) is 3.07. The largest absolute Gasteiger partial charge is 0.298 e. The first kappa shape index (κ1) is 12.1. The van der Waals surface area contributed by atoms with Gasteiger partial charge in [0.2, 0.25) is 5.28 Å². The van der Waals surface area contributed by atoms with Crippen LogP contribution in [-0.4, -0.2) is 14.8 Å². The van der Waals surface area contributed by atoms with Gasteiger partial charge in [-0.3, -0.25) is 4.57 Å². The zero-order valence-corrected chi connectivity index (χ0v) is 10.7. The molecular weight excluding hydrogens is 234 g/mol. The summed E-state index contributed by atoms with van der Waals surface area (Å²) in [7, 11) is 0. The highest BCUT2D eigenvalue weighted by molar-refractivity contribution is 6.28. The predicted molar refractivity (Wildman–Crippen MR) is 70.0 cm³/mol. The van der Waals surface area contributed by atoms with Gasteiger partial charge in [0, 0.05) is 12.1 Å². The fraction of sp³-hybridized carbons (Fsp3) is 0.385. The zero-order chi connectivity index (χ0) is 12.1. The molecule has 0 N–H and O–H groups in total. The van der Waals surface area contributed by atoms with Gasteiger partial charge in [0.25, 0.3) is 0 Å². The number of rotatable bonds is 5. The van der Waals surface area contributed by atoms with Gasteiger partial charge in [-0.05, 0) is 18.0 Å². The van der Waals surface area contributed by atoms with E-state index in [1.54, 1.807) is 0 Å². The Kier molecular flexibility index (Phi) is 4.15. The topological polar surface area (TPSA) is 30.7 Å². The van der Waals surface area contributed by atoms with Crippen molar-refractivity contribution in [3.63, 3.8) is 0 Å². The van der Waals surface area contributed by atoms with Crippen molar-refractivity contribution in [2.24, 2.45) is 0 Å². The van der Waals surface area contributed by atoms with Crippen molar-refractivity contribution in [1.29, 1.82) is 0 Å². The summed E-state index contributed by atoms with van der Waals surface area (Å²) < 4.78 is 1.98.